The Labute approximate surface area is 197 Å². The van der Waals surface area contributed by atoms with E-state index in [1.807, 2.05) is 32.9 Å². The maximum atomic E-state index is 13.0. The number of rotatable bonds is 6. The van der Waals surface area contributed by atoms with E-state index in [2.05, 4.69) is 9.88 Å². The molecule has 7 nitrogen and oxygen atoms in total. The number of amides is 1. The predicted molar refractivity (Wildman–Crippen MR) is 127 cm³/mol. The molecule has 8 heteroatoms. The summed E-state index contributed by atoms with van der Waals surface area (Å²) in [4.78, 5) is 26.8. The number of carbonyl (C=O) groups excluding carboxylic acids is 2. The van der Waals surface area contributed by atoms with Gasteiger partial charge in [-0.2, -0.15) is 5.26 Å². The number of hydrogen-bond acceptors (Lipinski definition) is 6. The fraction of sp³-hybridized carbons (Fsp3) is 0.400. The molecule has 2 aromatic heterocycles. The molecule has 1 aliphatic carbocycles. The van der Waals surface area contributed by atoms with Crippen LogP contribution in [0.5, 0.6) is 0 Å². The minimum absolute atomic E-state index is 0.0231. The summed E-state index contributed by atoms with van der Waals surface area (Å²) in [5.41, 5.74) is 3.83. The van der Waals surface area contributed by atoms with Crippen LogP contribution in [0.25, 0.3) is 6.08 Å². The number of hydrogen-bond donors (Lipinski definition) is 1. The molecular weight excluding hydrogens is 438 g/mol. The summed E-state index contributed by atoms with van der Waals surface area (Å²) in [5.74, 6) is -0.747. The molecule has 1 aliphatic heterocycles. The quantitative estimate of drug-likeness (QED) is 0.344. The maximum absolute atomic E-state index is 13.0. The SMILES string of the molecule is CCOC(=O)[C@@H]1C2=C(CCCC2)SC1n1c(C)cc(/C=C(\C#N)C(=O)Nc2ccco2)c1C. The number of nitrogens with one attached hydrogen (secondary N) is 1. The molecule has 4 rings (SSSR count). The Morgan fingerprint density at radius 2 is 2.15 bits per heavy atom. The van der Waals surface area contributed by atoms with Gasteiger partial charge in [-0.15, -0.1) is 11.8 Å². The average Bonchev–Trinajstić information content (AvgIpc) is 3.50. The first kappa shape index (κ1) is 23.0. The summed E-state index contributed by atoms with van der Waals surface area (Å²) in [7, 11) is 0. The summed E-state index contributed by atoms with van der Waals surface area (Å²) in [6, 6.07) is 7.20. The molecule has 0 aromatic carbocycles. The van der Waals surface area contributed by atoms with Crippen LogP contribution in [-0.4, -0.2) is 23.1 Å². The third-order valence-corrected chi connectivity index (χ3v) is 7.60. The molecule has 1 unspecified atom stereocenters. The van der Waals surface area contributed by atoms with Gasteiger partial charge < -0.3 is 13.7 Å². The Morgan fingerprint density at radius 1 is 1.36 bits per heavy atom. The lowest BCUT2D eigenvalue weighted by molar-refractivity contribution is -0.147. The lowest BCUT2D eigenvalue weighted by atomic mass is 9.89. The standard InChI is InChI=1S/C25H27N3O4S/c1-4-31-25(30)22-19-8-5-6-9-20(19)33-24(22)28-15(2)12-17(16(28)3)13-18(14-26)23(29)27-21-10-7-11-32-21/h7,10-13,22,24H,4-6,8-9H2,1-3H3,(H,27,29)/b18-13+/t22-,24?/m1/s1. The number of thioether (sulfide) groups is 1. The monoisotopic (exact) mass is 465 g/mol. The summed E-state index contributed by atoms with van der Waals surface area (Å²) < 4.78 is 12.7. The zero-order valence-electron chi connectivity index (χ0n) is 19.0. The molecule has 0 radical (unpaired) electrons. The summed E-state index contributed by atoms with van der Waals surface area (Å²) in [6.07, 6.45) is 7.21. The van der Waals surface area contributed by atoms with E-state index < -0.39 is 5.91 Å². The van der Waals surface area contributed by atoms with Crippen LogP contribution < -0.4 is 5.32 Å². The third-order valence-electron chi connectivity index (χ3n) is 6.12. The highest BCUT2D eigenvalue weighted by Crippen LogP contribution is 2.55. The van der Waals surface area contributed by atoms with E-state index in [0.29, 0.717) is 6.61 Å². The molecule has 1 N–H and O–H groups in total. The highest BCUT2D eigenvalue weighted by atomic mass is 32.2. The van der Waals surface area contributed by atoms with Crippen molar-refractivity contribution in [2.24, 2.45) is 5.92 Å². The normalized spacial score (nSPS) is 20.4. The van der Waals surface area contributed by atoms with Crippen molar-refractivity contribution in [1.82, 2.24) is 4.57 Å². The fourth-order valence-corrected chi connectivity index (χ4v) is 6.39. The first-order valence-electron chi connectivity index (χ1n) is 11.1. The number of esters is 1. The fourth-order valence-electron chi connectivity index (χ4n) is 4.62. The summed E-state index contributed by atoms with van der Waals surface area (Å²) in [5, 5.41) is 12.0. The molecule has 2 aliphatic rings. The number of nitrogens with zero attached hydrogens (tertiary/aromatic N) is 2. The predicted octanol–water partition coefficient (Wildman–Crippen LogP) is 5.50. The lowest BCUT2D eigenvalue weighted by Gasteiger charge is -2.25. The first-order valence-corrected chi connectivity index (χ1v) is 12.0. The van der Waals surface area contributed by atoms with Crippen molar-refractivity contribution in [3.05, 3.63) is 57.5 Å². The van der Waals surface area contributed by atoms with E-state index in [1.54, 1.807) is 30.0 Å². The van der Waals surface area contributed by atoms with E-state index in [9.17, 15) is 14.9 Å². The van der Waals surface area contributed by atoms with Crippen molar-refractivity contribution in [1.29, 1.82) is 5.26 Å². The third kappa shape index (κ3) is 4.51. The molecule has 0 saturated heterocycles. The van der Waals surface area contributed by atoms with E-state index in [-0.39, 0.29) is 28.7 Å². The number of ether oxygens (including phenoxy) is 1. The second-order valence-electron chi connectivity index (χ2n) is 8.19. The average molecular weight is 466 g/mol. The van der Waals surface area contributed by atoms with Crippen LogP contribution in [0.4, 0.5) is 5.88 Å². The molecule has 0 bridgehead atoms. The Morgan fingerprint density at radius 3 is 2.85 bits per heavy atom. The van der Waals surface area contributed by atoms with Crippen molar-refractivity contribution >= 4 is 35.6 Å². The van der Waals surface area contributed by atoms with Crippen molar-refractivity contribution in [2.45, 2.75) is 51.8 Å². The van der Waals surface area contributed by atoms with E-state index in [1.165, 1.54) is 16.7 Å². The van der Waals surface area contributed by atoms with Gasteiger partial charge >= 0.3 is 5.97 Å². The van der Waals surface area contributed by atoms with Gasteiger partial charge in [0.1, 0.15) is 22.9 Å². The number of furan rings is 1. The van der Waals surface area contributed by atoms with Crippen LogP contribution in [0.3, 0.4) is 0 Å². The molecule has 172 valence electrons. The number of allylic oxidation sites excluding steroid dienone is 1. The molecule has 3 heterocycles. The number of anilines is 1. The van der Waals surface area contributed by atoms with E-state index in [0.717, 1.165) is 42.6 Å². The van der Waals surface area contributed by atoms with Crippen molar-refractivity contribution in [2.75, 3.05) is 11.9 Å². The molecule has 0 spiro atoms. The van der Waals surface area contributed by atoms with Crippen LogP contribution >= 0.6 is 11.8 Å². The van der Waals surface area contributed by atoms with Gasteiger partial charge in [-0.25, -0.2) is 0 Å². The lowest BCUT2D eigenvalue weighted by Crippen LogP contribution is -2.27. The van der Waals surface area contributed by atoms with Crippen LogP contribution in [-0.2, 0) is 14.3 Å². The Bertz CT molecular complexity index is 1170. The Kier molecular flexibility index (Phi) is 6.80. The number of nitriles is 1. The van der Waals surface area contributed by atoms with Gasteiger partial charge in [0.25, 0.3) is 5.91 Å². The smallest absolute Gasteiger partial charge is 0.316 e. The highest BCUT2D eigenvalue weighted by molar-refractivity contribution is 8.03. The Balaban J connectivity index is 1.67. The number of carbonyl (C=O) groups is 2. The van der Waals surface area contributed by atoms with Crippen molar-refractivity contribution in [3.8, 4) is 6.07 Å². The Hall–Kier alpha value is -3.18. The van der Waals surface area contributed by atoms with Gasteiger partial charge in [-0.05, 0) is 80.7 Å². The summed E-state index contributed by atoms with van der Waals surface area (Å²) in [6.45, 7) is 6.12. The number of aromatic nitrogens is 1. The first-order chi connectivity index (χ1) is 15.9. The molecule has 1 amide bonds. The molecule has 2 atom stereocenters. The van der Waals surface area contributed by atoms with E-state index in [4.69, 9.17) is 9.15 Å². The minimum atomic E-state index is -0.533. The van der Waals surface area contributed by atoms with Crippen LogP contribution in [0.1, 0.15) is 54.9 Å². The zero-order valence-corrected chi connectivity index (χ0v) is 19.8. The van der Waals surface area contributed by atoms with Gasteiger partial charge in [-0.3, -0.25) is 14.9 Å². The van der Waals surface area contributed by atoms with E-state index >= 15 is 0 Å². The van der Waals surface area contributed by atoms with Gasteiger partial charge in [-0.1, -0.05) is 0 Å². The largest absolute Gasteiger partial charge is 0.465 e. The van der Waals surface area contributed by atoms with Gasteiger partial charge in [0.2, 0.25) is 0 Å². The highest BCUT2D eigenvalue weighted by Gasteiger charge is 2.43. The van der Waals surface area contributed by atoms with Crippen LogP contribution in [0.2, 0.25) is 0 Å². The van der Waals surface area contributed by atoms with Crippen LogP contribution in [0.15, 0.2) is 44.9 Å². The van der Waals surface area contributed by atoms with Crippen molar-refractivity contribution in [3.63, 3.8) is 0 Å². The van der Waals surface area contributed by atoms with Crippen molar-refractivity contribution < 1.29 is 18.7 Å². The molecule has 0 fully saturated rings. The zero-order chi connectivity index (χ0) is 23.5. The van der Waals surface area contributed by atoms with Gasteiger partial charge in [0.05, 0.1) is 12.9 Å². The van der Waals surface area contributed by atoms with Gasteiger partial charge in [0.15, 0.2) is 5.88 Å². The molecule has 2 aromatic rings. The molecule has 0 saturated carbocycles. The van der Waals surface area contributed by atoms with Gasteiger partial charge in [0, 0.05) is 17.5 Å². The minimum Gasteiger partial charge on any atom is -0.465 e. The van der Waals surface area contributed by atoms with Crippen LogP contribution in [0, 0.1) is 31.1 Å². The maximum Gasteiger partial charge on any atom is 0.316 e. The number of aryl methyl sites for hydroxylation is 1. The topological polar surface area (TPSA) is 97.3 Å². The second-order valence-corrected chi connectivity index (χ2v) is 9.40. The molecule has 33 heavy (non-hydrogen) atoms. The summed E-state index contributed by atoms with van der Waals surface area (Å²) >= 11 is 1.75. The second kappa shape index (κ2) is 9.75. The molecular formula is C25H27N3O4S.